The van der Waals surface area contributed by atoms with Crippen LogP contribution in [0.4, 0.5) is 35.1 Å². The fourth-order valence-corrected chi connectivity index (χ4v) is 2.04. The van der Waals surface area contributed by atoms with Crippen molar-refractivity contribution in [2.45, 2.75) is 18.3 Å². The van der Waals surface area contributed by atoms with E-state index in [1.54, 1.807) is 0 Å². The topological polar surface area (TPSA) is 65.2 Å². The van der Waals surface area contributed by atoms with Crippen LogP contribution in [0.15, 0.2) is 30.5 Å². The molecule has 0 fully saturated rings. The minimum absolute atomic E-state index is 0.0959. The summed E-state index contributed by atoms with van der Waals surface area (Å²) in [5.41, 5.74) is -0.335. The Morgan fingerprint density at radius 1 is 0.893 bits per heavy atom. The van der Waals surface area contributed by atoms with Crippen molar-refractivity contribution in [3.05, 3.63) is 36.3 Å². The second kappa shape index (κ2) is 6.53. The second-order valence-corrected chi connectivity index (χ2v) is 5.37. The Morgan fingerprint density at radius 3 is 2.18 bits per heavy atom. The number of halogens is 8. The lowest BCUT2D eigenvalue weighted by Gasteiger charge is -2.17. The molecule has 0 aliphatic heterocycles. The highest BCUT2D eigenvalue weighted by atomic mass is 19.4. The molecule has 0 atom stereocenters. The summed E-state index contributed by atoms with van der Waals surface area (Å²) >= 11 is 0. The van der Waals surface area contributed by atoms with Gasteiger partial charge in [-0.25, -0.2) is 4.98 Å². The SMILES string of the molecule is FC(F)(F)COc1ccc(-c2ccc3nnc(C(F)(F)C(F)(F)F)n3n2)cn1. The van der Waals surface area contributed by atoms with E-state index < -0.39 is 30.7 Å². The lowest BCUT2D eigenvalue weighted by atomic mass is 10.2. The maximum atomic E-state index is 13.6. The quantitative estimate of drug-likeness (QED) is 0.610. The molecule has 0 saturated heterocycles. The molecule has 0 aliphatic rings. The lowest BCUT2D eigenvalue weighted by Crippen LogP contribution is -2.36. The molecule has 14 heteroatoms. The van der Waals surface area contributed by atoms with E-state index in [4.69, 9.17) is 0 Å². The average molecular weight is 413 g/mol. The van der Waals surface area contributed by atoms with Crippen molar-refractivity contribution in [3.63, 3.8) is 0 Å². The third-order valence-corrected chi connectivity index (χ3v) is 3.32. The summed E-state index contributed by atoms with van der Waals surface area (Å²) in [6, 6.07) is 4.61. The van der Waals surface area contributed by atoms with Gasteiger partial charge in [-0.3, -0.25) is 0 Å². The molecule has 0 aromatic carbocycles. The minimum Gasteiger partial charge on any atom is -0.468 e. The van der Waals surface area contributed by atoms with E-state index in [0.717, 1.165) is 18.3 Å². The van der Waals surface area contributed by atoms with Crippen LogP contribution in [0, 0.1) is 0 Å². The first-order valence-electron chi connectivity index (χ1n) is 7.22. The predicted molar refractivity (Wildman–Crippen MR) is 75.5 cm³/mol. The van der Waals surface area contributed by atoms with Gasteiger partial charge in [0.25, 0.3) is 0 Å². The molecule has 0 unspecified atom stereocenters. The van der Waals surface area contributed by atoms with Gasteiger partial charge in [-0.2, -0.15) is 44.7 Å². The van der Waals surface area contributed by atoms with Crippen molar-refractivity contribution in [2.24, 2.45) is 0 Å². The highest BCUT2D eigenvalue weighted by molar-refractivity contribution is 5.59. The first kappa shape index (κ1) is 19.7. The molecule has 0 radical (unpaired) electrons. The van der Waals surface area contributed by atoms with Gasteiger partial charge in [0.2, 0.25) is 11.7 Å². The third kappa shape index (κ3) is 3.80. The predicted octanol–water partition coefficient (Wildman–Crippen LogP) is 3.78. The monoisotopic (exact) mass is 413 g/mol. The molecule has 0 bridgehead atoms. The number of rotatable bonds is 4. The molecule has 0 saturated carbocycles. The normalized spacial score (nSPS) is 13.1. The van der Waals surface area contributed by atoms with Gasteiger partial charge < -0.3 is 4.74 Å². The van der Waals surface area contributed by atoms with Crippen LogP contribution in [0.25, 0.3) is 16.9 Å². The van der Waals surface area contributed by atoms with Gasteiger partial charge in [0.05, 0.1) is 5.69 Å². The molecule has 3 rings (SSSR count). The molecule has 3 heterocycles. The summed E-state index contributed by atoms with van der Waals surface area (Å²) in [6.07, 6.45) is -9.46. The Morgan fingerprint density at radius 2 is 1.61 bits per heavy atom. The Kier molecular flexibility index (Phi) is 4.59. The third-order valence-electron chi connectivity index (χ3n) is 3.32. The van der Waals surface area contributed by atoms with Crippen LogP contribution in [0.3, 0.4) is 0 Å². The Labute approximate surface area is 149 Å². The first-order chi connectivity index (χ1) is 12.9. The summed E-state index contributed by atoms with van der Waals surface area (Å²) in [4.78, 5) is 3.61. The molecule has 28 heavy (non-hydrogen) atoms. The van der Waals surface area contributed by atoms with E-state index in [2.05, 4.69) is 25.0 Å². The number of fused-ring (bicyclic) bond motifs is 1. The maximum absolute atomic E-state index is 13.6. The highest BCUT2D eigenvalue weighted by Crippen LogP contribution is 2.42. The minimum atomic E-state index is -5.91. The van der Waals surface area contributed by atoms with Gasteiger partial charge in [0.15, 0.2) is 12.3 Å². The first-order valence-corrected chi connectivity index (χ1v) is 7.22. The fraction of sp³-hybridized carbons (Fsp3) is 0.286. The van der Waals surface area contributed by atoms with Crippen molar-refractivity contribution in [2.75, 3.05) is 6.61 Å². The molecule has 6 nitrogen and oxygen atoms in total. The standard InChI is InChI=1S/C14H7F8N5O/c15-12(16,17)6-28-10-4-1-7(5-23-10)8-2-3-9-24-25-11(27(9)26-8)13(18,19)14(20,21)22/h1-5H,6H2. The van der Waals surface area contributed by atoms with Gasteiger partial charge in [-0.15, -0.1) is 10.2 Å². The van der Waals surface area contributed by atoms with Crippen LogP contribution in [0.2, 0.25) is 0 Å². The molecule has 150 valence electrons. The lowest BCUT2D eigenvalue weighted by molar-refractivity contribution is -0.293. The van der Waals surface area contributed by atoms with Gasteiger partial charge >= 0.3 is 18.3 Å². The molecular formula is C14H7F8N5O. The zero-order chi connectivity index (χ0) is 20.7. The summed E-state index contributed by atoms with van der Waals surface area (Å²) in [7, 11) is 0. The van der Waals surface area contributed by atoms with E-state index in [9.17, 15) is 35.1 Å². The fourth-order valence-electron chi connectivity index (χ4n) is 2.04. The van der Waals surface area contributed by atoms with E-state index >= 15 is 0 Å². The van der Waals surface area contributed by atoms with Crippen LogP contribution in [0.5, 0.6) is 5.88 Å². The zero-order valence-corrected chi connectivity index (χ0v) is 13.3. The molecule has 0 aliphatic carbocycles. The Bertz CT molecular complexity index is 980. The largest absolute Gasteiger partial charge is 0.468 e. The van der Waals surface area contributed by atoms with Crippen LogP contribution < -0.4 is 4.74 Å². The van der Waals surface area contributed by atoms with Gasteiger partial charge in [-0.05, 0) is 18.2 Å². The molecule has 3 aromatic rings. The highest BCUT2D eigenvalue weighted by Gasteiger charge is 2.62. The summed E-state index contributed by atoms with van der Waals surface area (Å²) in [6.45, 7) is -1.57. The zero-order valence-electron chi connectivity index (χ0n) is 13.3. The summed E-state index contributed by atoms with van der Waals surface area (Å²) in [5.74, 6) is -7.39. The van der Waals surface area contributed by atoms with Crippen LogP contribution in [0.1, 0.15) is 5.82 Å². The van der Waals surface area contributed by atoms with E-state index in [1.165, 1.54) is 12.1 Å². The van der Waals surface area contributed by atoms with Gasteiger partial charge in [-0.1, -0.05) is 0 Å². The molecule has 3 aromatic heterocycles. The number of aromatic nitrogens is 5. The number of alkyl halides is 8. The Hall–Kier alpha value is -3.06. The van der Waals surface area contributed by atoms with Crippen LogP contribution >= 0.6 is 0 Å². The van der Waals surface area contributed by atoms with Crippen molar-refractivity contribution in [1.29, 1.82) is 0 Å². The van der Waals surface area contributed by atoms with Crippen molar-refractivity contribution in [3.8, 4) is 17.1 Å². The maximum Gasteiger partial charge on any atom is 0.461 e. The molecule has 0 N–H and O–H groups in total. The van der Waals surface area contributed by atoms with E-state index in [1.807, 2.05) is 0 Å². The number of hydrogen-bond acceptors (Lipinski definition) is 5. The van der Waals surface area contributed by atoms with E-state index in [-0.39, 0.29) is 27.3 Å². The van der Waals surface area contributed by atoms with Crippen molar-refractivity contribution in [1.82, 2.24) is 24.8 Å². The second-order valence-electron chi connectivity index (χ2n) is 5.37. The number of pyridine rings is 1. The van der Waals surface area contributed by atoms with Gasteiger partial charge in [0, 0.05) is 17.8 Å². The van der Waals surface area contributed by atoms with Crippen molar-refractivity contribution >= 4 is 5.65 Å². The van der Waals surface area contributed by atoms with Crippen LogP contribution in [-0.4, -0.2) is 43.8 Å². The van der Waals surface area contributed by atoms with Gasteiger partial charge in [0.1, 0.15) is 0 Å². The Balaban J connectivity index is 1.93. The van der Waals surface area contributed by atoms with E-state index in [0.29, 0.717) is 0 Å². The van der Waals surface area contributed by atoms with Crippen LogP contribution in [-0.2, 0) is 5.92 Å². The number of nitrogens with zero attached hydrogens (tertiary/aromatic N) is 5. The smallest absolute Gasteiger partial charge is 0.461 e. The average Bonchev–Trinajstić information content (AvgIpc) is 3.02. The summed E-state index contributed by atoms with van der Waals surface area (Å²) < 4.78 is 106. The molecule has 0 amide bonds. The summed E-state index contributed by atoms with van der Waals surface area (Å²) in [5, 5.41) is 9.74. The number of hydrogen-bond donors (Lipinski definition) is 0. The molecule has 0 spiro atoms. The number of ether oxygens (including phenoxy) is 1. The van der Waals surface area contributed by atoms with Crippen molar-refractivity contribution < 1.29 is 39.9 Å². The molecular weight excluding hydrogens is 406 g/mol.